The Bertz CT molecular complexity index is 1180. The van der Waals surface area contributed by atoms with Crippen LogP contribution in [-0.2, 0) is 0 Å². The lowest BCUT2D eigenvalue weighted by Gasteiger charge is -2.07. The fourth-order valence-electron chi connectivity index (χ4n) is 2.85. The number of nitrogens with one attached hydrogen (secondary N) is 1. The first-order chi connectivity index (χ1) is 13.6. The summed E-state index contributed by atoms with van der Waals surface area (Å²) in [6.07, 6.45) is 0. The fourth-order valence-corrected chi connectivity index (χ4v) is 3.73. The Morgan fingerprint density at radius 3 is 2.64 bits per heavy atom. The third-order valence-corrected chi connectivity index (χ3v) is 5.36. The lowest BCUT2D eigenvalue weighted by atomic mass is 10.1. The average molecular weight is 412 g/mol. The monoisotopic (exact) mass is 411 g/mol. The maximum absolute atomic E-state index is 13.1. The van der Waals surface area contributed by atoms with E-state index in [0.717, 1.165) is 0 Å². The average Bonchev–Trinajstić information content (AvgIpc) is 3.36. The molecule has 0 aliphatic heterocycles. The third kappa shape index (κ3) is 3.28. The molecule has 0 saturated carbocycles. The van der Waals surface area contributed by atoms with Crippen LogP contribution >= 0.6 is 22.9 Å². The molecule has 0 aliphatic carbocycles. The molecule has 2 heterocycles. The van der Waals surface area contributed by atoms with Gasteiger partial charge < -0.3 is 14.5 Å². The van der Waals surface area contributed by atoms with E-state index < -0.39 is 0 Å². The van der Waals surface area contributed by atoms with E-state index in [9.17, 15) is 9.59 Å². The molecule has 0 aliphatic rings. The van der Waals surface area contributed by atoms with Gasteiger partial charge in [0.2, 0.25) is 5.78 Å². The van der Waals surface area contributed by atoms with Crippen molar-refractivity contribution in [2.45, 2.75) is 0 Å². The van der Waals surface area contributed by atoms with Gasteiger partial charge in [0.05, 0.1) is 22.7 Å². The van der Waals surface area contributed by atoms with Gasteiger partial charge in [-0.3, -0.25) is 9.59 Å². The summed E-state index contributed by atoms with van der Waals surface area (Å²) < 4.78 is 10.9. The highest BCUT2D eigenvalue weighted by atomic mass is 35.5. The second-order valence-electron chi connectivity index (χ2n) is 5.91. The van der Waals surface area contributed by atoms with E-state index in [-0.39, 0.29) is 17.5 Å². The number of hydrogen-bond acceptors (Lipinski definition) is 5. The van der Waals surface area contributed by atoms with Gasteiger partial charge >= 0.3 is 0 Å². The Hall–Kier alpha value is -3.09. The van der Waals surface area contributed by atoms with Gasteiger partial charge in [0.25, 0.3) is 5.91 Å². The van der Waals surface area contributed by atoms with Gasteiger partial charge in [-0.25, -0.2) is 0 Å². The molecule has 0 bridgehead atoms. The van der Waals surface area contributed by atoms with Crippen LogP contribution in [0.2, 0.25) is 5.02 Å². The van der Waals surface area contributed by atoms with Crippen LogP contribution in [0.15, 0.2) is 64.4 Å². The second-order valence-corrected chi connectivity index (χ2v) is 7.27. The SMILES string of the molecule is COc1ccc(C(=O)c2oc3ccccc3c2NC(=O)c2cccs2)cc1Cl. The highest BCUT2D eigenvalue weighted by molar-refractivity contribution is 7.12. The number of carbonyl (C=O) groups excluding carboxylic acids is 2. The van der Waals surface area contributed by atoms with Gasteiger partial charge in [0.15, 0.2) is 5.76 Å². The topological polar surface area (TPSA) is 68.5 Å². The van der Waals surface area contributed by atoms with E-state index in [2.05, 4.69) is 5.32 Å². The number of anilines is 1. The molecule has 0 spiro atoms. The summed E-state index contributed by atoms with van der Waals surface area (Å²) in [6, 6.07) is 15.4. The molecule has 7 heteroatoms. The summed E-state index contributed by atoms with van der Waals surface area (Å²) in [5.74, 6) is -0.174. The molecule has 28 heavy (non-hydrogen) atoms. The van der Waals surface area contributed by atoms with Gasteiger partial charge in [-0.2, -0.15) is 0 Å². The number of rotatable bonds is 5. The zero-order chi connectivity index (χ0) is 19.7. The highest BCUT2D eigenvalue weighted by Gasteiger charge is 2.24. The van der Waals surface area contributed by atoms with Gasteiger partial charge in [-0.05, 0) is 41.8 Å². The number of fused-ring (bicyclic) bond motifs is 1. The molecule has 0 unspecified atom stereocenters. The molecule has 0 saturated heterocycles. The summed E-state index contributed by atoms with van der Waals surface area (Å²) in [7, 11) is 1.50. The first-order valence-corrected chi connectivity index (χ1v) is 9.59. The molecule has 0 fully saturated rings. The van der Waals surface area contributed by atoms with E-state index in [0.29, 0.717) is 37.9 Å². The van der Waals surface area contributed by atoms with Crippen LogP contribution in [0, 0.1) is 0 Å². The number of carbonyl (C=O) groups is 2. The number of benzene rings is 2. The van der Waals surface area contributed by atoms with Crippen LogP contribution in [0.5, 0.6) is 5.75 Å². The molecule has 5 nitrogen and oxygen atoms in total. The van der Waals surface area contributed by atoms with Gasteiger partial charge in [-0.1, -0.05) is 29.8 Å². The number of ketones is 1. The van der Waals surface area contributed by atoms with Crippen LogP contribution < -0.4 is 10.1 Å². The summed E-state index contributed by atoms with van der Waals surface area (Å²) in [5, 5.41) is 5.60. The number of amides is 1. The largest absolute Gasteiger partial charge is 0.495 e. The Morgan fingerprint density at radius 2 is 1.93 bits per heavy atom. The number of para-hydroxylation sites is 1. The van der Waals surface area contributed by atoms with E-state index in [1.54, 1.807) is 42.5 Å². The maximum Gasteiger partial charge on any atom is 0.265 e. The maximum atomic E-state index is 13.1. The molecule has 4 rings (SSSR count). The lowest BCUT2D eigenvalue weighted by molar-refractivity contribution is 0.101. The third-order valence-electron chi connectivity index (χ3n) is 4.20. The van der Waals surface area contributed by atoms with Gasteiger partial charge in [0, 0.05) is 10.9 Å². The molecule has 0 radical (unpaired) electrons. The predicted molar refractivity (Wildman–Crippen MR) is 110 cm³/mol. The number of methoxy groups -OCH3 is 1. The molecule has 2 aromatic carbocycles. The second kappa shape index (κ2) is 7.50. The van der Waals surface area contributed by atoms with E-state index in [4.69, 9.17) is 20.8 Å². The van der Waals surface area contributed by atoms with Crippen LogP contribution in [-0.4, -0.2) is 18.8 Å². The Balaban J connectivity index is 1.79. The van der Waals surface area contributed by atoms with Crippen molar-refractivity contribution in [1.82, 2.24) is 0 Å². The quantitative estimate of drug-likeness (QED) is 0.431. The van der Waals surface area contributed by atoms with Crippen molar-refractivity contribution < 1.29 is 18.7 Å². The summed E-state index contributed by atoms with van der Waals surface area (Å²) >= 11 is 7.47. The first kappa shape index (κ1) is 18.3. The Labute approximate surface area is 169 Å². The van der Waals surface area contributed by atoms with E-state index in [1.165, 1.54) is 24.5 Å². The van der Waals surface area contributed by atoms with Crippen molar-refractivity contribution in [3.63, 3.8) is 0 Å². The van der Waals surface area contributed by atoms with Crippen molar-refractivity contribution >= 4 is 51.3 Å². The van der Waals surface area contributed by atoms with E-state index in [1.807, 2.05) is 11.4 Å². The van der Waals surface area contributed by atoms with Crippen molar-refractivity contribution in [2.24, 2.45) is 0 Å². The summed E-state index contributed by atoms with van der Waals surface area (Å²) in [4.78, 5) is 26.2. The molecule has 1 N–H and O–H groups in total. The minimum Gasteiger partial charge on any atom is -0.495 e. The smallest absolute Gasteiger partial charge is 0.265 e. The molecule has 0 atom stereocenters. The predicted octanol–water partition coefficient (Wildman–Crippen LogP) is 5.64. The molecule has 2 aromatic heterocycles. The fraction of sp³-hybridized carbons (Fsp3) is 0.0476. The highest BCUT2D eigenvalue weighted by Crippen LogP contribution is 2.34. The molecule has 140 valence electrons. The van der Waals surface area contributed by atoms with Crippen LogP contribution in [0.25, 0.3) is 11.0 Å². The number of furan rings is 1. The number of hydrogen-bond donors (Lipinski definition) is 1. The minimum atomic E-state index is -0.387. The number of thiophene rings is 1. The van der Waals surface area contributed by atoms with Crippen molar-refractivity contribution in [3.8, 4) is 5.75 Å². The molecule has 4 aromatic rings. The lowest BCUT2D eigenvalue weighted by Crippen LogP contribution is -2.13. The zero-order valence-electron chi connectivity index (χ0n) is 14.7. The minimum absolute atomic E-state index is 0.0485. The molecular formula is C21H14ClNO4S. The van der Waals surface area contributed by atoms with E-state index >= 15 is 0 Å². The van der Waals surface area contributed by atoms with Gasteiger partial charge in [0.1, 0.15) is 11.3 Å². The standard InChI is InChI=1S/C21H14ClNO4S/c1-26-16-9-8-12(11-14(16)22)19(24)20-18(13-5-2-3-6-15(13)27-20)23-21(25)17-7-4-10-28-17/h2-11H,1H3,(H,23,25). The normalized spacial score (nSPS) is 10.8. The van der Waals surface area contributed by atoms with Crippen molar-refractivity contribution in [1.29, 1.82) is 0 Å². The van der Waals surface area contributed by atoms with Crippen LogP contribution in [0.4, 0.5) is 5.69 Å². The number of ether oxygens (including phenoxy) is 1. The number of halogens is 1. The molecular weight excluding hydrogens is 398 g/mol. The van der Waals surface area contributed by atoms with Crippen LogP contribution in [0.1, 0.15) is 25.8 Å². The Kier molecular flexibility index (Phi) is 4.90. The Morgan fingerprint density at radius 1 is 1.11 bits per heavy atom. The van der Waals surface area contributed by atoms with Crippen LogP contribution in [0.3, 0.4) is 0 Å². The first-order valence-electron chi connectivity index (χ1n) is 8.33. The van der Waals surface area contributed by atoms with Crippen molar-refractivity contribution in [2.75, 3.05) is 12.4 Å². The van der Waals surface area contributed by atoms with Gasteiger partial charge in [-0.15, -0.1) is 11.3 Å². The molecule has 1 amide bonds. The summed E-state index contributed by atoms with van der Waals surface area (Å²) in [6.45, 7) is 0. The summed E-state index contributed by atoms with van der Waals surface area (Å²) in [5.41, 5.74) is 1.18. The van der Waals surface area contributed by atoms with Crippen molar-refractivity contribution in [3.05, 3.63) is 81.2 Å². The zero-order valence-corrected chi connectivity index (χ0v) is 16.3.